The Morgan fingerprint density at radius 3 is 2.56 bits per heavy atom. The topological polar surface area (TPSA) is 67.8 Å². The minimum absolute atomic E-state index is 0.0411. The average Bonchev–Trinajstić information content (AvgIpc) is 2.67. The molecule has 3 heterocycles. The molecule has 0 N–H and O–H groups in total. The second-order valence-corrected chi connectivity index (χ2v) is 6.36. The molecular weight excluding hydrogens is 320 g/mol. The Balaban J connectivity index is 1.54. The number of aryl methyl sites for hydroxylation is 1. The van der Waals surface area contributed by atoms with E-state index in [1.54, 1.807) is 0 Å². The Bertz CT molecular complexity index is 776. The highest BCUT2D eigenvalue weighted by Gasteiger charge is 2.32. The highest BCUT2D eigenvalue weighted by molar-refractivity contribution is 5.82. The zero-order chi connectivity index (χ0) is 17.2. The Hall–Kier alpha value is -2.25. The van der Waals surface area contributed by atoms with Crippen LogP contribution in [0.5, 0.6) is 0 Å². The molecule has 1 unspecified atom stereocenters. The van der Waals surface area contributed by atoms with E-state index >= 15 is 0 Å². The van der Waals surface area contributed by atoms with Crippen molar-refractivity contribution in [3.8, 4) is 0 Å². The van der Waals surface area contributed by atoms with Gasteiger partial charge in [0.05, 0.1) is 43.1 Å². The predicted molar refractivity (Wildman–Crippen MR) is 93.6 cm³/mol. The zero-order valence-corrected chi connectivity index (χ0v) is 14.4. The number of hydrogen-bond donors (Lipinski definition) is 0. The van der Waals surface area contributed by atoms with Crippen LogP contribution in [0.4, 0.5) is 5.82 Å². The van der Waals surface area contributed by atoms with Gasteiger partial charge in [0.2, 0.25) is 0 Å². The lowest BCUT2D eigenvalue weighted by Crippen LogP contribution is -2.53. The average molecular weight is 342 g/mol. The number of nitrogens with zero attached hydrogens (tertiary/aromatic N) is 4. The lowest BCUT2D eigenvalue weighted by molar-refractivity contribution is -0.148. The van der Waals surface area contributed by atoms with Gasteiger partial charge in [0.25, 0.3) is 5.91 Å². The molecule has 1 aromatic carbocycles. The van der Waals surface area contributed by atoms with Crippen molar-refractivity contribution in [3.05, 3.63) is 30.0 Å². The van der Waals surface area contributed by atoms with Gasteiger partial charge in [-0.05, 0) is 19.1 Å². The summed E-state index contributed by atoms with van der Waals surface area (Å²) in [4.78, 5) is 26.1. The molecule has 2 fully saturated rings. The first-order chi connectivity index (χ1) is 12.2. The number of morpholine rings is 2. The number of hydrogen-bond acceptors (Lipinski definition) is 6. The largest absolute Gasteiger partial charge is 0.378 e. The van der Waals surface area contributed by atoms with Crippen molar-refractivity contribution in [2.24, 2.45) is 0 Å². The van der Waals surface area contributed by atoms with Crippen LogP contribution in [0.25, 0.3) is 11.0 Å². The molecule has 2 saturated heterocycles. The highest BCUT2D eigenvalue weighted by Crippen LogP contribution is 2.22. The van der Waals surface area contributed by atoms with E-state index in [-0.39, 0.29) is 5.91 Å². The van der Waals surface area contributed by atoms with Gasteiger partial charge in [0.1, 0.15) is 0 Å². The maximum atomic E-state index is 12.7. The van der Waals surface area contributed by atoms with E-state index in [0.717, 1.165) is 22.5 Å². The van der Waals surface area contributed by atoms with E-state index in [9.17, 15) is 4.79 Å². The summed E-state index contributed by atoms with van der Waals surface area (Å²) in [7, 11) is 0. The van der Waals surface area contributed by atoms with Gasteiger partial charge < -0.3 is 19.3 Å². The fourth-order valence-corrected chi connectivity index (χ4v) is 3.36. The van der Waals surface area contributed by atoms with Crippen LogP contribution in [0.1, 0.15) is 5.69 Å². The number of para-hydroxylation sites is 2. The quantitative estimate of drug-likeness (QED) is 0.811. The summed E-state index contributed by atoms with van der Waals surface area (Å²) in [6.45, 7) is 6.14. The SMILES string of the molecule is Cc1nc2ccccc2nc1N1CCOC(C(=O)N2CCOCC2)C1. The van der Waals surface area contributed by atoms with Gasteiger partial charge in [0.15, 0.2) is 11.9 Å². The van der Waals surface area contributed by atoms with Crippen molar-refractivity contribution in [1.82, 2.24) is 14.9 Å². The van der Waals surface area contributed by atoms with Crippen molar-refractivity contribution in [1.29, 1.82) is 0 Å². The summed E-state index contributed by atoms with van der Waals surface area (Å²) in [6.07, 6.45) is -0.459. The van der Waals surface area contributed by atoms with Crippen LogP contribution in [0.15, 0.2) is 24.3 Å². The summed E-state index contributed by atoms with van der Waals surface area (Å²) >= 11 is 0. The molecule has 0 aliphatic carbocycles. The molecule has 1 atom stereocenters. The Morgan fingerprint density at radius 2 is 1.80 bits per heavy atom. The summed E-state index contributed by atoms with van der Waals surface area (Å²) < 4.78 is 11.1. The second kappa shape index (κ2) is 6.93. The molecule has 4 rings (SSSR count). The molecule has 1 amide bonds. The van der Waals surface area contributed by atoms with Crippen molar-refractivity contribution in [2.75, 3.05) is 50.9 Å². The Kier molecular flexibility index (Phi) is 4.50. The van der Waals surface area contributed by atoms with Gasteiger partial charge in [-0.3, -0.25) is 4.79 Å². The second-order valence-electron chi connectivity index (χ2n) is 6.36. The lowest BCUT2D eigenvalue weighted by Gasteiger charge is -2.37. The third-order valence-electron chi connectivity index (χ3n) is 4.68. The first-order valence-electron chi connectivity index (χ1n) is 8.69. The van der Waals surface area contributed by atoms with Crippen molar-refractivity contribution >= 4 is 22.8 Å². The van der Waals surface area contributed by atoms with E-state index in [1.165, 1.54) is 0 Å². The number of benzene rings is 1. The number of aromatic nitrogens is 2. The first kappa shape index (κ1) is 16.2. The molecule has 25 heavy (non-hydrogen) atoms. The molecule has 2 aliphatic heterocycles. The number of ether oxygens (including phenoxy) is 2. The standard InChI is InChI=1S/C18H22N4O3/c1-13-17(20-15-5-3-2-4-14(15)19-13)22-8-11-25-16(12-22)18(23)21-6-9-24-10-7-21/h2-5,16H,6-12H2,1H3. The van der Waals surface area contributed by atoms with Gasteiger partial charge >= 0.3 is 0 Å². The normalized spacial score (nSPS) is 21.6. The molecule has 1 aromatic heterocycles. The smallest absolute Gasteiger partial charge is 0.253 e. The summed E-state index contributed by atoms with van der Waals surface area (Å²) in [5, 5.41) is 0. The monoisotopic (exact) mass is 342 g/mol. The van der Waals surface area contributed by atoms with E-state index < -0.39 is 6.10 Å². The van der Waals surface area contributed by atoms with E-state index in [2.05, 4.69) is 9.88 Å². The van der Waals surface area contributed by atoms with E-state index in [4.69, 9.17) is 14.5 Å². The molecule has 2 aliphatic rings. The molecule has 0 saturated carbocycles. The Morgan fingerprint density at radius 1 is 1.08 bits per heavy atom. The number of rotatable bonds is 2. The maximum Gasteiger partial charge on any atom is 0.253 e. The molecule has 7 nitrogen and oxygen atoms in total. The maximum absolute atomic E-state index is 12.7. The minimum Gasteiger partial charge on any atom is -0.378 e. The van der Waals surface area contributed by atoms with Crippen LogP contribution in [0, 0.1) is 6.92 Å². The minimum atomic E-state index is -0.459. The molecule has 2 aromatic rings. The summed E-state index contributed by atoms with van der Waals surface area (Å²) in [5.74, 6) is 0.876. The van der Waals surface area contributed by atoms with E-state index in [1.807, 2.05) is 36.1 Å². The number of amides is 1. The molecule has 0 radical (unpaired) electrons. The summed E-state index contributed by atoms with van der Waals surface area (Å²) in [6, 6.07) is 7.84. The third kappa shape index (κ3) is 3.29. The van der Waals surface area contributed by atoms with Crippen LogP contribution < -0.4 is 4.90 Å². The lowest BCUT2D eigenvalue weighted by atomic mass is 10.2. The molecule has 132 valence electrons. The molecule has 0 spiro atoms. The van der Waals surface area contributed by atoms with Gasteiger partial charge in [-0.15, -0.1) is 0 Å². The van der Waals surface area contributed by atoms with Gasteiger partial charge in [0, 0.05) is 19.6 Å². The van der Waals surface area contributed by atoms with Crippen molar-refractivity contribution in [2.45, 2.75) is 13.0 Å². The summed E-state index contributed by atoms with van der Waals surface area (Å²) in [5.41, 5.74) is 2.63. The third-order valence-corrected chi connectivity index (χ3v) is 4.68. The van der Waals surface area contributed by atoms with Gasteiger partial charge in [-0.1, -0.05) is 12.1 Å². The van der Waals surface area contributed by atoms with Crippen LogP contribution in [-0.2, 0) is 14.3 Å². The van der Waals surface area contributed by atoms with Gasteiger partial charge in [-0.2, -0.15) is 0 Å². The van der Waals surface area contributed by atoms with Crippen molar-refractivity contribution in [3.63, 3.8) is 0 Å². The van der Waals surface area contributed by atoms with E-state index in [0.29, 0.717) is 46.0 Å². The van der Waals surface area contributed by atoms with Crippen LogP contribution in [-0.4, -0.2) is 72.9 Å². The molecule has 7 heteroatoms. The Labute approximate surface area is 146 Å². The molecular formula is C18H22N4O3. The zero-order valence-electron chi connectivity index (χ0n) is 14.4. The number of anilines is 1. The van der Waals surface area contributed by atoms with Crippen LogP contribution in [0.3, 0.4) is 0 Å². The van der Waals surface area contributed by atoms with Crippen molar-refractivity contribution < 1.29 is 14.3 Å². The highest BCUT2D eigenvalue weighted by atomic mass is 16.5. The number of carbonyl (C=O) groups excluding carboxylic acids is 1. The molecule has 0 bridgehead atoms. The fraction of sp³-hybridized carbons (Fsp3) is 0.500. The fourth-order valence-electron chi connectivity index (χ4n) is 3.36. The number of fused-ring (bicyclic) bond motifs is 1. The van der Waals surface area contributed by atoms with Gasteiger partial charge in [-0.25, -0.2) is 9.97 Å². The van der Waals surface area contributed by atoms with Crippen LogP contribution >= 0.6 is 0 Å². The number of carbonyl (C=O) groups is 1. The van der Waals surface area contributed by atoms with Crippen LogP contribution in [0.2, 0.25) is 0 Å². The predicted octanol–water partition coefficient (Wildman–Crippen LogP) is 1.00. The first-order valence-corrected chi connectivity index (χ1v) is 8.69.